The van der Waals surface area contributed by atoms with E-state index in [-0.39, 0.29) is 11.8 Å². The van der Waals surface area contributed by atoms with E-state index < -0.39 is 0 Å². The average Bonchev–Trinajstić information content (AvgIpc) is 2.55. The molecule has 1 heterocycles. The largest absolute Gasteiger partial charge is 0.351 e. The van der Waals surface area contributed by atoms with Gasteiger partial charge in [-0.05, 0) is 24.3 Å². The molecule has 1 aromatic carbocycles. The molecule has 0 unspecified atom stereocenters. The van der Waals surface area contributed by atoms with Crippen LogP contribution in [0.5, 0.6) is 0 Å². The molecule has 1 aromatic rings. The van der Waals surface area contributed by atoms with Crippen LogP contribution in [0.15, 0.2) is 24.3 Å². The second-order valence-electron chi connectivity index (χ2n) is 5.62. The van der Waals surface area contributed by atoms with Crippen LogP contribution >= 0.6 is 0 Å². The van der Waals surface area contributed by atoms with Gasteiger partial charge >= 0.3 is 0 Å². The minimum absolute atomic E-state index is 0.0642. The second-order valence-corrected chi connectivity index (χ2v) is 5.62. The summed E-state index contributed by atoms with van der Waals surface area (Å²) in [6, 6.07) is 6.76. The van der Waals surface area contributed by atoms with E-state index in [0.717, 1.165) is 32.7 Å². The van der Waals surface area contributed by atoms with E-state index in [1.54, 1.807) is 38.4 Å². The summed E-state index contributed by atoms with van der Waals surface area (Å²) in [5.74, 6) is -0.162. The smallest absolute Gasteiger partial charge is 0.253 e. The Balaban J connectivity index is 1.80. The number of amides is 2. The van der Waals surface area contributed by atoms with Crippen molar-refractivity contribution in [2.24, 2.45) is 0 Å². The summed E-state index contributed by atoms with van der Waals surface area (Å²) in [4.78, 5) is 27.7. The molecule has 2 N–H and O–H groups in total. The molecule has 0 saturated carbocycles. The van der Waals surface area contributed by atoms with Crippen molar-refractivity contribution in [1.82, 2.24) is 20.4 Å². The molecule has 0 spiro atoms. The van der Waals surface area contributed by atoms with Gasteiger partial charge in [0.2, 0.25) is 0 Å². The molecule has 0 aliphatic carbocycles. The van der Waals surface area contributed by atoms with Crippen molar-refractivity contribution in [2.45, 2.75) is 0 Å². The van der Waals surface area contributed by atoms with Crippen LogP contribution in [-0.2, 0) is 0 Å². The summed E-state index contributed by atoms with van der Waals surface area (Å²) in [5, 5.41) is 6.22. The molecule has 1 aliphatic heterocycles. The van der Waals surface area contributed by atoms with Gasteiger partial charge in [-0.3, -0.25) is 14.5 Å². The van der Waals surface area contributed by atoms with Crippen molar-refractivity contribution in [3.8, 4) is 0 Å². The molecule has 2 amide bonds. The molecule has 6 heteroatoms. The van der Waals surface area contributed by atoms with E-state index in [0.29, 0.717) is 17.7 Å². The monoisotopic (exact) mass is 304 g/mol. The van der Waals surface area contributed by atoms with Crippen molar-refractivity contribution in [1.29, 1.82) is 0 Å². The summed E-state index contributed by atoms with van der Waals surface area (Å²) < 4.78 is 0. The van der Waals surface area contributed by atoms with E-state index in [1.807, 2.05) is 0 Å². The first-order valence-electron chi connectivity index (χ1n) is 7.61. The lowest BCUT2D eigenvalue weighted by Gasteiger charge is -2.27. The normalized spacial score (nSPS) is 15.4. The molecule has 2 rings (SSSR count). The zero-order valence-corrected chi connectivity index (χ0v) is 13.3. The van der Waals surface area contributed by atoms with Gasteiger partial charge < -0.3 is 15.5 Å². The SMILES string of the molecule is CN(C)C(=O)c1ccc(C(=O)NCCN2CCNCC2)cc1. The zero-order valence-electron chi connectivity index (χ0n) is 13.3. The molecule has 1 aliphatic rings. The third-order valence-corrected chi connectivity index (χ3v) is 3.72. The van der Waals surface area contributed by atoms with E-state index in [2.05, 4.69) is 15.5 Å². The summed E-state index contributed by atoms with van der Waals surface area (Å²) in [7, 11) is 3.41. The lowest BCUT2D eigenvalue weighted by Crippen LogP contribution is -2.46. The number of hydrogen-bond donors (Lipinski definition) is 2. The number of hydrogen-bond acceptors (Lipinski definition) is 4. The van der Waals surface area contributed by atoms with Gasteiger partial charge in [0.05, 0.1) is 0 Å². The van der Waals surface area contributed by atoms with Gasteiger partial charge in [0.25, 0.3) is 11.8 Å². The van der Waals surface area contributed by atoms with Gasteiger partial charge in [0.15, 0.2) is 0 Å². The third-order valence-electron chi connectivity index (χ3n) is 3.72. The Labute approximate surface area is 131 Å². The molecule has 0 bridgehead atoms. The average molecular weight is 304 g/mol. The maximum absolute atomic E-state index is 12.1. The van der Waals surface area contributed by atoms with Crippen LogP contribution in [0.4, 0.5) is 0 Å². The topological polar surface area (TPSA) is 64.7 Å². The van der Waals surface area contributed by atoms with E-state index >= 15 is 0 Å². The van der Waals surface area contributed by atoms with Crippen LogP contribution < -0.4 is 10.6 Å². The van der Waals surface area contributed by atoms with Crippen molar-refractivity contribution in [3.63, 3.8) is 0 Å². The molecule has 120 valence electrons. The quantitative estimate of drug-likeness (QED) is 0.805. The highest BCUT2D eigenvalue weighted by molar-refractivity contribution is 5.97. The molecule has 6 nitrogen and oxygen atoms in total. The van der Waals surface area contributed by atoms with E-state index in [1.165, 1.54) is 4.90 Å². The van der Waals surface area contributed by atoms with Crippen molar-refractivity contribution < 1.29 is 9.59 Å². The Morgan fingerprint density at radius 3 is 2.32 bits per heavy atom. The molecule has 1 fully saturated rings. The van der Waals surface area contributed by atoms with Gasteiger partial charge in [0.1, 0.15) is 0 Å². The second kappa shape index (κ2) is 7.91. The number of nitrogens with zero attached hydrogens (tertiary/aromatic N) is 2. The highest BCUT2D eigenvalue weighted by atomic mass is 16.2. The lowest BCUT2D eigenvalue weighted by molar-refractivity contribution is 0.0826. The van der Waals surface area contributed by atoms with Gasteiger partial charge in [-0.2, -0.15) is 0 Å². The van der Waals surface area contributed by atoms with Gasteiger partial charge in [-0.25, -0.2) is 0 Å². The fourth-order valence-corrected chi connectivity index (χ4v) is 2.39. The van der Waals surface area contributed by atoms with Gasteiger partial charge in [-0.15, -0.1) is 0 Å². The molecule has 0 atom stereocenters. The highest BCUT2D eigenvalue weighted by Crippen LogP contribution is 2.06. The third kappa shape index (κ3) is 4.54. The molecular formula is C16H24N4O2. The Hall–Kier alpha value is -1.92. The minimum atomic E-state index is -0.0982. The predicted octanol–water partition coefficient (Wildman–Crippen LogP) is 0.0234. The maximum Gasteiger partial charge on any atom is 0.253 e. The van der Waals surface area contributed by atoms with Crippen LogP contribution in [0.3, 0.4) is 0 Å². The van der Waals surface area contributed by atoms with Gasteiger partial charge in [-0.1, -0.05) is 0 Å². The molecule has 0 radical (unpaired) electrons. The number of carbonyl (C=O) groups excluding carboxylic acids is 2. The highest BCUT2D eigenvalue weighted by Gasteiger charge is 2.12. The molecular weight excluding hydrogens is 280 g/mol. The van der Waals surface area contributed by atoms with E-state index in [9.17, 15) is 9.59 Å². The zero-order chi connectivity index (χ0) is 15.9. The fourth-order valence-electron chi connectivity index (χ4n) is 2.39. The van der Waals surface area contributed by atoms with Gasteiger partial charge in [0, 0.05) is 64.5 Å². The summed E-state index contributed by atoms with van der Waals surface area (Å²) in [6.45, 7) is 5.57. The van der Waals surface area contributed by atoms with Crippen LogP contribution in [0.1, 0.15) is 20.7 Å². The first-order valence-corrected chi connectivity index (χ1v) is 7.61. The van der Waals surface area contributed by atoms with Crippen LogP contribution in [-0.4, -0.2) is 75.0 Å². The number of benzene rings is 1. The summed E-state index contributed by atoms with van der Waals surface area (Å²) >= 11 is 0. The number of rotatable bonds is 5. The van der Waals surface area contributed by atoms with Crippen LogP contribution in [0.25, 0.3) is 0 Å². The molecule has 0 aromatic heterocycles. The Bertz CT molecular complexity index is 507. The number of piperazine rings is 1. The van der Waals surface area contributed by atoms with Crippen molar-refractivity contribution in [2.75, 3.05) is 53.4 Å². The van der Waals surface area contributed by atoms with Crippen molar-refractivity contribution in [3.05, 3.63) is 35.4 Å². The van der Waals surface area contributed by atoms with E-state index in [4.69, 9.17) is 0 Å². The fraction of sp³-hybridized carbons (Fsp3) is 0.500. The standard InChI is InChI=1S/C16H24N4O2/c1-19(2)16(22)14-5-3-13(4-6-14)15(21)18-9-12-20-10-7-17-8-11-20/h3-6,17H,7-12H2,1-2H3,(H,18,21). The molecule has 1 saturated heterocycles. The van der Waals surface area contributed by atoms with Crippen LogP contribution in [0, 0.1) is 0 Å². The minimum Gasteiger partial charge on any atom is -0.351 e. The summed E-state index contributed by atoms with van der Waals surface area (Å²) in [6.07, 6.45) is 0. The Kier molecular flexibility index (Phi) is 5.91. The van der Waals surface area contributed by atoms with Crippen LogP contribution in [0.2, 0.25) is 0 Å². The molecule has 22 heavy (non-hydrogen) atoms. The van der Waals surface area contributed by atoms with Crippen molar-refractivity contribution >= 4 is 11.8 Å². The Morgan fingerprint density at radius 1 is 1.14 bits per heavy atom. The number of carbonyl (C=O) groups is 2. The number of nitrogens with one attached hydrogen (secondary N) is 2. The first-order chi connectivity index (χ1) is 10.6. The maximum atomic E-state index is 12.1. The first kappa shape index (κ1) is 16.5. The Morgan fingerprint density at radius 2 is 1.73 bits per heavy atom. The predicted molar refractivity (Wildman–Crippen MR) is 86.1 cm³/mol. The lowest BCUT2D eigenvalue weighted by atomic mass is 10.1. The summed E-state index contributed by atoms with van der Waals surface area (Å²) in [5.41, 5.74) is 1.16.